The van der Waals surface area contributed by atoms with E-state index in [1.807, 2.05) is 60.7 Å². The van der Waals surface area contributed by atoms with Crippen LogP contribution in [0.3, 0.4) is 0 Å². The van der Waals surface area contributed by atoms with Crippen molar-refractivity contribution in [1.82, 2.24) is 10.2 Å². The van der Waals surface area contributed by atoms with Gasteiger partial charge in [0.25, 0.3) is 0 Å². The summed E-state index contributed by atoms with van der Waals surface area (Å²) in [5, 5.41) is 12.1. The van der Waals surface area contributed by atoms with E-state index in [2.05, 4.69) is 5.32 Å². The van der Waals surface area contributed by atoms with Crippen molar-refractivity contribution in [2.24, 2.45) is 0 Å². The summed E-state index contributed by atoms with van der Waals surface area (Å²) in [6, 6.07) is 18.5. The van der Waals surface area contributed by atoms with Crippen LogP contribution in [0.25, 0.3) is 0 Å². The van der Waals surface area contributed by atoms with Gasteiger partial charge < -0.3 is 15.3 Å². The number of carboxylic acids is 1. The van der Waals surface area contributed by atoms with Gasteiger partial charge in [0, 0.05) is 19.6 Å². The lowest BCUT2D eigenvalue weighted by atomic mass is 9.89. The summed E-state index contributed by atoms with van der Waals surface area (Å²) in [7, 11) is 0. The minimum atomic E-state index is -0.927. The van der Waals surface area contributed by atoms with Gasteiger partial charge in [-0.2, -0.15) is 0 Å². The van der Waals surface area contributed by atoms with E-state index in [9.17, 15) is 14.7 Å². The van der Waals surface area contributed by atoms with Crippen molar-refractivity contribution in [1.29, 1.82) is 0 Å². The zero-order chi connectivity index (χ0) is 16.9. The Morgan fingerprint density at radius 2 is 1.54 bits per heavy atom. The summed E-state index contributed by atoms with van der Waals surface area (Å²) < 4.78 is 0. The van der Waals surface area contributed by atoms with Gasteiger partial charge in [0.2, 0.25) is 5.91 Å². The van der Waals surface area contributed by atoms with Crippen LogP contribution in [0, 0.1) is 0 Å². The van der Waals surface area contributed by atoms with Crippen LogP contribution in [0.5, 0.6) is 0 Å². The Labute approximate surface area is 140 Å². The number of carbonyl (C=O) groups excluding carboxylic acids is 1. The van der Waals surface area contributed by atoms with E-state index in [4.69, 9.17) is 0 Å². The molecule has 124 valence electrons. The molecule has 0 radical (unpaired) electrons. The molecule has 1 amide bonds. The number of carbonyl (C=O) groups is 2. The van der Waals surface area contributed by atoms with E-state index in [0.29, 0.717) is 13.1 Å². The molecule has 1 aliphatic heterocycles. The van der Waals surface area contributed by atoms with Crippen LogP contribution in [0.1, 0.15) is 17.0 Å². The standard InChI is InChI=1S/C19H20N2O3/c22-18(21-12-11-20-16(13-21)19(23)24)17(14-7-3-1-4-8-14)15-9-5-2-6-10-15/h1-10,16-17,20H,11-13H2,(H,23,24). The maximum Gasteiger partial charge on any atom is 0.322 e. The zero-order valence-corrected chi connectivity index (χ0v) is 13.3. The van der Waals surface area contributed by atoms with Crippen LogP contribution < -0.4 is 5.32 Å². The lowest BCUT2D eigenvalue weighted by Gasteiger charge is -2.34. The van der Waals surface area contributed by atoms with E-state index in [0.717, 1.165) is 11.1 Å². The minimum Gasteiger partial charge on any atom is -0.480 e. The number of hydrogen-bond acceptors (Lipinski definition) is 3. The van der Waals surface area contributed by atoms with Crippen LogP contribution >= 0.6 is 0 Å². The number of nitrogens with zero attached hydrogens (tertiary/aromatic N) is 1. The fourth-order valence-electron chi connectivity index (χ4n) is 3.07. The molecule has 2 N–H and O–H groups in total. The highest BCUT2D eigenvalue weighted by atomic mass is 16.4. The van der Waals surface area contributed by atoms with Gasteiger partial charge in [0.1, 0.15) is 6.04 Å². The van der Waals surface area contributed by atoms with Crippen molar-refractivity contribution in [3.63, 3.8) is 0 Å². The topological polar surface area (TPSA) is 69.6 Å². The minimum absolute atomic E-state index is 0.0554. The summed E-state index contributed by atoms with van der Waals surface area (Å²) >= 11 is 0. The van der Waals surface area contributed by atoms with E-state index in [1.165, 1.54) is 0 Å². The van der Waals surface area contributed by atoms with Crippen molar-refractivity contribution in [3.05, 3.63) is 71.8 Å². The van der Waals surface area contributed by atoms with Gasteiger partial charge in [0.05, 0.1) is 5.92 Å². The second kappa shape index (κ2) is 7.27. The molecule has 0 aliphatic carbocycles. The number of rotatable bonds is 4. The Kier molecular flexibility index (Phi) is 4.91. The molecule has 0 aromatic heterocycles. The van der Waals surface area contributed by atoms with Crippen LogP contribution in [-0.2, 0) is 9.59 Å². The molecule has 5 nitrogen and oxygen atoms in total. The maximum absolute atomic E-state index is 13.2. The molecule has 24 heavy (non-hydrogen) atoms. The van der Waals surface area contributed by atoms with Crippen LogP contribution in [0.4, 0.5) is 0 Å². The average Bonchev–Trinajstić information content (AvgIpc) is 2.64. The summed E-state index contributed by atoms with van der Waals surface area (Å²) in [6.07, 6.45) is 0. The summed E-state index contributed by atoms with van der Waals surface area (Å²) in [6.45, 7) is 1.18. The Morgan fingerprint density at radius 3 is 2.04 bits per heavy atom. The average molecular weight is 324 g/mol. The lowest BCUT2D eigenvalue weighted by molar-refractivity contribution is -0.142. The van der Waals surface area contributed by atoms with Crippen LogP contribution in [0.15, 0.2) is 60.7 Å². The molecule has 2 aromatic carbocycles. The highest BCUT2D eigenvalue weighted by molar-refractivity contribution is 5.88. The van der Waals surface area contributed by atoms with E-state index < -0.39 is 17.9 Å². The van der Waals surface area contributed by atoms with Gasteiger partial charge in [0.15, 0.2) is 0 Å². The molecule has 1 atom stereocenters. The maximum atomic E-state index is 13.2. The molecule has 5 heteroatoms. The molecule has 1 unspecified atom stereocenters. The van der Waals surface area contributed by atoms with Crippen molar-refractivity contribution < 1.29 is 14.7 Å². The molecule has 3 rings (SSSR count). The largest absolute Gasteiger partial charge is 0.480 e. The Bertz CT molecular complexity index is 664. The molecule has 1 aliphatic rings. The van der Waals surface area contributed by atoms with Gasteiger partial charge >= 0.3 is 5.97 Å². The molecule has 0 saturated carbocycles. The third-order valence-corrected chi connectivity index (χ3v) is 4.30. The predicted octanol–water partition coefficient (Wildman–Crippen LogP) is 1.70. The third kappa shape index (κ3) is 3.46. The second-order valence-corrected chi connectivity index (χ2v) is 5.88. The first kappa shape index (κ1) is 16.2. The van der Waals surface area contributed by atoms with Crippen LogP contribution in [-0.4, -0.2) is 47.6 Å². The van der Waals surface area contributed by atoms with Gasteiger partial charge in [-0.1, -0.05) is 60.7 Å². The monoisotopic (exact) mass is 324 g/mol. The van der Waals surface area contributed by atoms with Crippen molar-refractivity contribution in [2.45, 2.75) is 12.0 Å². The van der Waals surface area contributed by atoms with E-state index in [-0.39, 0.29) is 12.5 Å². The van der Waals surface area contributed by atoms with Gasteiger partial charge in [-0.25, -0.2) is 0 Å². The third-order valence-electron chi connectivity index (χ3n) is 4.30. The summed E-state index contributed by atoms with van der Waals surface area (Å²) in [5.41, 5.74) is 1.83. The second-order valence-electron chi connectivity index (χ2n) is 5.88. The SMILES string of the molecule is O=C(O)C1CN(C(=O)C(c2ccccc2)c2ccccc2)CCN1. The summed E-state index contributed by atoms with van der Waals surface area (Å²) in [5.74, 6) is -1.40. The number of carboxylic acid groups (broad SMARTS) is 1. The molecular formula is C19H20N2O3. The van der Waals surface area contributed by atoms with E-state index in [1.54, 1.807) is 4.90 Å². The Morgan fingerprint density at radius 1 is 1.00 bits per heavy atom. The molecule has 1 fully saturated rings. The highest BCUT2D eigenvalue weighted by Gasteiger charge is 2.32. The molecule has 2 aromatic rings. The first-order valence-electron chi connectivity index (χ1n) is 8.01. The molecule has 1 heterocycles. The molecule has 0 spiro atoms. The quantitative estimate of drug-likeness (QED) is 0.898. The molecule has 0 bridgehead atoms. The Hall–Kier alpha value is -2.66. The fourth-order valence-corrected chi connectivity index (χ4v) is 3.07. The van der Waals surface area contributed by atoms with E-state index >= 15 is 0 Å². The Balaban J connectivity index is 1.91. The fraction of sp³-hybridized carbons (Fsp3) is 0.263. The molecule has 1 saturated heterocycles. The number of amides is 1. The molecular weight excluding hydrogens is 304 g/mol. The van der Waals surface area contributed by atoms with Crippen molar-refractivity contribution in [2.75, 3.05) is 19.6 Å². The van der Waals surface area contributed by atoms with Gasteiger partial charge in [-0.05, 0) is 11.1 Å². The number of piperazine rings is 1. The zero-order valence-electron chi connectivity index (χ0n) is 13.3. The van der Waals surface area contributed by atoms with Gasteiger partial charge in [-0.3, -0.25) is 9.59 Å². The number of benzene rings is 2. The van der Waals surface area contributed by atoms with Gasteiger partial charge in [-0.15, -0.1) is 0 Å². The highest BCUT2D eigenvalue weighted by Crippen LogP contribution is 2.27. The summed E-state index contributed by atoms with van der Waals surface area (Å²) in [4.78, 5) is 26.1. The van der Waals surface area contributed by atoms with Crippen LogP contribution in [0.2, 0.25) is 0 Å². The lowest BCUT2D eigenvalue weighted by Crippen LogP contribution is -2.56. The normalized spacial score (nSPS) is 17.7. The van der Waals surface area contributed by atoms with Crippen molar-refractivity contribution >= 4 is 11.9 Å². The number of aliphatic carboxylic acids is 1. The predicted molar refractivity (Wildman–Crippen MR) is 90.7 cm³/mol. The first-order valence-corrected chi connectivity index (χ1v) is 8.01. The first-order chi connectivity index (χ1) is 11.7. The van der Waals surface area contributed by atoms with Crippen molar-refractivity contribution in [3.8, 4) is 0 Å². The number of nitrogens with one attached hydrogen (secondary N) is 1. The number of hydrogen-bond donors (Lipinski definition) is 2. The smallest absolute Gasteiger partial charge is 0.322 e.